The highest BCUT2D eigenvalue weighted by Crippen LogP contribution is 2.21. The first kappa shape index (κ1) is 18.0. The number of carbonyl (C=O) groups is 2. The molecular formula is C19H10Cl2FNO3. The van der Waals surface area contributed by atoms with Crippen LogP contribution >= 0.6 is 23.2 Å². The molecule has 0 amide bonds. The number of ether oxygens (including phenoxy) is 1. The largest absolute Gasteiger partial charge is 0.423 e. The lowest BCUT2D eigenvalue weighted by Crippen LogP contribution is -2.09. The van der Waals surface area contributed by atoms with Crippen LogP contribution in [0.5, 0.6) is 5.75 Å². The van der Waals surface area contributed by atoms with E-state index in [9.17, 15) is 14.0 Å². The second-order valence-corrected chi connectivity index (χ2v) is 6.01. The lowest BCUT2D eigenvalue weighted by Gasteiger charge is -2.06. The zero-order valence-electron chi connectivity index (χ0n) is 13.1. The molecule has 0 aliphatic heterocycles. The summed E-state index contributed by atoms with van der Waals surface area (Å²) in [5.41, 5.74) is 0.886. The van der Waals surface area contributed by atoms with Crippen LogP contribution in [0.4, 0.5) is 4.39 Å². The van der Waals surface area contributed by atoms with Gasteiger partial charge in [-0.3, -0.25) is 4.79 Å². The van der Waals surface area contributed by atoms with Crippen LogP contribution in [0.25, 0.3) is 0 Å². The van der Waals surface area contributed by atoms with Gasteiger partial charge in [-0.2, -0.15) is 0 Å². The van der Waals surface area contributed by atoms with Crippen molar-refractivity contribution in [1.82, 2.24) is 4.98 Å². The van der Waals surface area contributed by atoms with E-state index < -0.39 is 11.8 Å². The summed E-state index contributed by atoms with van der Waals surface area (Å²) >= 11 is 11.5. The number of pyridine rings is 1. The SMILES string of the molecule is O=C(Oc1ccc(C(=O)c2ccc(F)cc2)cc1)c1cnc(Cl)c(Cl)c1. The number of halogens is 3. The number of benzene rings is 2. The van der Waals surface area contributed by atoms with Gasteiger partial charge >= 0.3 is 5.97 Å². The summed E-state index contributed by atoms with van der Waals surface area (Å²) in [7, 11) is 0. The monoisotopic (exact) mass is 389 g/mol. The number of esters is 1. The first-order chi connectivity index (χ1) is 12.4. The predicted octanol–water partition coefficient (Wildman–Crippen LogP) is 4.98. The lowest BCUT2D eigenvalue weighted by atomic mass is 10.0. The van der Waals surface area contributed by atoms with Gasteiger partial charge in [-0.15, -0.1) is 0 Å². The lowest BCUT2D eigenvalue weighted by molar-refractivity contribution is 0.0734. The van der Waals surface area contributed by atoms with Crippen molar-refractivity contribution >= 4 is 35.0 Å². The molecule has 0 radical (unpaired) electrons. The average molecular weight is 390 g/mol. The highest BCUT2D eigenvalue weighted by Gasteiger charge is 2.13. The van der Waals surface area contributed by atoms with Gasteiger partial charge in [0.25, 0.3) is 0 Å². The Hall–Kier alpha value is -2.76. The van der Waals surface area contributed by atoms with E-state index in [4.69, 9.17) is 27.9 Å². The van der Waals surface area contributed by atoms with E-state index in [1.54, 1.807) is 0 Å². The minimum absolute atomic E-state index is 0.0897. The first-order valence-corrected chi connectivity index (χ1v) is 8.13. The molecule has 1 heterocycles. The standard InChI is InChI=1S/C19H10Cl2FNO3/c20-16-9-13(10-23-18(16)21)19(25)26-15-7-3-12(4-8-15)17(24)11-1-5-14(22)6-2-11/h1-10H. The van der Waals surface area contributed by atoms with Crippen LogP contribution in [0, 0.1) is 5.82 Å². The molecule has 0 saturated heterocycles. The maximum absolute atomic E-state index is 12.9. The highest BCUT2D eigenvalue weighted by atomic mass is 35.5. The molecule has 0 aliphatic rings. The van der Waals surface area contributed by atoms with E-state index >= 15 is 0 Å². The van der Waals surface area contributed by atoms with Crippen LogP contribution in [0.3, 0.4) is 0 Å². The van der Waals surface area contributed by atoms with E-state index in [2.05, 4.69) is 4.98 Å². The Balaban J connectivity index is 1.73. The molecule has 130 valence electrons. The third kappa shape index (κ3) is 4.07. The fourth-order valence-electron chi connectivity index (χ4n) is 2.14. The number of hydrogen-bond acceptors (Lipinski definition) is 4. The summed E-state index contributed by atoms with van der Waals surface area (Å²) in [5, 5.41) is 0.230. The third-order valence-corrected chi connectivity index (χ3v) is 4.15. The van der Waals surface area contributed by atoms with Crippen molar-refractivity contribution in [2.45, 2.75) is 0 Å². The minimum Gasteiger partial charge on any atom is -0.423 e. The van der Waals surface area contributed by atoms with Crippen LogP contribution in [-0.2, 0) is 0 Å². The van der Waals surface area contributed by atoms with E-state index in [1.807, 2.05) is 0 Å². The number of rotatable bonds is 4. The van der Waals surface area contributed by atoms with Gasteiger partial charge in [0.2, 0.25) is 0 Å². The van der Waals surface area contributed by atoms with Crippen LogP contribution in [0.1, 0.15) is 26.3 Å². The Morgan fingerprint density at radius 2 is 1.46 bits per heavy atom. The maximum atomic E-state index is 12.9. The Labute approximate surface area is 158 Å². The zero-order valence-corrected chi connectivity index (χ0v) is 14.6. The molecule has 0 unspecified atom stereocenters. The molecule has 0 fully saturated rings. The average Bonchev–Trinajstić information content (AvgIpc) is 2.64. The fraction of sp³-hybridized carbons (Fsp3) is 0. The molecule has 2 aromatic carbocycles. The molecule has 0 saturated carbocycles. The van der Waals surface area contributed by atoms with Gasteiger partial charge < -0.3 is 4.74 Å². The molecule has 0 aliphatic carbocycles. The van der Waals surface area contributed by atoms with Gasteiger partial charge in [0.1, 0.15) is 16.7 Å². The van der Waals surface area contributed by atoms with Crippen molar-refractivity contribution in [1.29, 1.82) is 0 Å². The van der Waals surface area contributed by atoms with Gasteiger partial charge in [-0.25, -0.2) is 14.2 Å². The Morgan fingerprint density at radius 3 is 2.04 bits per heavy atom. The van der Waals surface area contributed by atoms with Gasteiger partial charge in [-0.1, -0.05) is 23.2 Å². The Bertz CT molecular complexity index is 973. The molecule has 0 bridgehead atoms. The van der Waals surface area contributed by atoms with E-state index in [-0.39, 0.29) is 27.3 Å². The molecule has 3 aromatic rings. The predicted molar refractivity (Wildman–Crippen MR) is 95.5 cm³/mol. The number of aromatic nitrogens is 1. The maximum Gasteiger partial charge on any atom is 0.345 e. The van der Waals surface area contributed by atoms with Crippen LogP contribution in [0.15, 0.2) is 60.8 Å². The summed E-state index contributed by atoms with van der Waals surface area (Å²) in [5.74, 6) is -1.09. The summed E-state index contributed by atoms with van der Waals surface area (Å²) in [6, 6.07) is 12.6. The van der Waals surface area contributed by atoms with E-state index in [0.29, 0.717) is 11.1 Å². The number of hydrogen-bond donors (Lipinski definition) is 0. The van der Waals surface area contributed by atoms with Crippen LogP contribution in [-0.4, -0.2) is 16.7 Å². The van der Waals surface area contributed by atoms with Crippen molar-refractivity contribution < 1.29 is 18.7 Å². The van der Waals surface area contributed by atoms with Crippen LogP contribution < -0.4 is 4.74 Å². The molecule has 3 rings (SSSR count). The van der Waals surface area contributed by atoms with Crippen molar-refractivity contribution in [3.05, 3.63) is 93.5 Å². The molecule has 26 heavy (non-hydrogen) atoms. The fourth-order valence-corrected chi connectivity index (χ4v) is 2.41. The quantitative estimate of drug-likeness (QED) is 0.273. The smallest absolute Gasteiger partial charge is 0.345 e. The highest BCUT2D eigenvalue weighted by molar-refractivity contribution is 6.41. The normalized spacial score (nSPS) is 10.4. The molecule has 1 aromatic heterocycles. The van der Waals surface area contributed by atoms with Gasteiger partial charge in [-0.05, 0) is 54.6 Å². The second-order valence-electron chi connectivity index (χ2n) is 5.25. The number of ketones is 1. The van der Waals surface area contributed by atoms with Crippen molar-refractivity contribution in [2.75, 3.05) is 0 Å². The number of nitrogens with zero attached hydrogens (tertiary/aromatic N) is 1. The van der Waals surface area contributed by atoms with Gasteiger partial charge in [0.15, 0.2) is 5.78 Å². The molecule has 4 nitrogen and oxygen atoms in total. The minimum atomic E-state index is -0.659. The van der Waals surface area contributed by atoms with E-state index in [0.717, 1.165) is 0 Å². The summed E-state index contributed by atoms with van der Waals surface area (Å²) < 4.78 is 18.1. The number of carbonyl (C=O) groups excluding carboxylic acids is 2. The van der Waals surface area contributed by atoms with Crippen LogP contribution in [0.2, 0.25) is 10.2 Å². The summed E-state index contributed by atoms with van der Waals surface area (Å²) in [6.45, 7) is 0. The summed E-state index contributed by atoms with van der Waals surface area (Å²) in [6.07, 6.45) is 1.25. The van der Waals surface area contributed by atoms with Crippen molar-refractivity contribution in [3.8, 4) is 5.75 Å². The molecule has 0 N–H and O–H groups in total. The Morgan fingerprint density at radius 1 is 0.885 bits per heavy atom. The van der Waals surface area contributed by atoms with Crippen molar-refractivity contribution in [2.24, 2.45) is 0 Å². The first-order valence-electron chi connectivity index (χ1n) is 7.37. The van der Waals surface area contributed by atoms with Gasteiger partial charge in [0, 0.05) is 17.3 Å². The molecule has 7 heteroatoms. The Kier molecular flexibility index (Phi) is 5.30. The van der Waals surface area contributed by atoms with E-state index in [1.165, 1.54) is 60.8 Å². The molecule has 0 atom stereocenters. The second kappa shape index (κ2) is 7.64. The molecular weight excluding hydrogens is 380 g/mol. The molecule has 0 spiro atoms. The third-order valence-electron chi connectivity index (χ3n) is 3.47. The van der Waals surface area contributed by atoms with Gasteiger partial charge in [0.05, 0.1) is 10.6 Å². The van der Waals surface area contributed by atoms with Crippen molar-refractivity contribution in [3.63, 3.8) is 0 Å². The topological polar surface area (TPSA) is 56.3 Å². The summed E-state index contributed by atoms with van der Waals surface area (Å²) in [4.78, 5) is 28.2. The zero-order chi connectivity index (χ0) is 18.7.